The molecule has 34 heavy (non-hydrogen) atoms. The smallest absolute Gasteiger partial charge is 0.251 e. The molecule has 0 saturated carbocycles. The van der Waals surface area contributed by atoms with E-state index in [1.54, 1.807) is 12.1 Å². The van der Waals surface area contributed by atoms with Crippen molar-refractivity contribution in [1.29, 1.82) is 0 Å². The molecule has 0 aliphatic carbocycles. The zero-order valence-corrected chi connectivity index (χ0v) is 20.0. The zero-order valence-electron chi connectivity index (χ0n) is 20.0. The summed E-state index contributed by atoms with van der Waals surface area (Å²) < 4.78 is 17.6. The summed E-state index contributed by atoms with van der Waals surface area (Å²) in [5, 5.41) is 7.22. The topological polar surface area (TPSA) is 76.8 Å². The lowest BCUT2D eigenvalue weighted by atomic mass is 9.80. The van der Waals surface area contributed by atoms with Crippen LogP contribution in [0.2, 0.25) is 0 Å². The molecular formula is C27H31N3O4. The highest BCUT2D eigenvalue weighted by atomic mass is 16.5. The Labute approximate surface area is 200 Å². The van der Waals surface area contributed by atoms with E-state index < -0.39 is 0 Å². The van der Waals surface area contributed by atoms with E-state index in [1.807, 2.05) is 50.2 Å². The number of nitrogens with one attached hydrogen (secondary N) is 1. The number of nitrogens with zero attached hydrogens (tertiary/aromatic N) is 2. The van der Waals surface area contributed by atoms with Crippen molar-refractivity contribution in [2.24, 2.45) is 0 Å². The van der Waals surface area contributed by atoms with Crippen molar-refractivity contribution < 1.29 is 18.8 Å². The van der Waals surface area contributed by atoms with Gasteiger partial charge in [-0.05, 0) is 64.1 Å². The molecule has 1 amide bonds. The van der Waals surface area contributed by atoms with E-state index in [-0.39, 0.29) is 17.6 Å². The molecule has 3 heterocycles. The van der Waals surface area contributed by atoms with Gasteiger partial charge in [0.2, 0.25) is 0 Å². The third kappa shape index (κ3) is 4.53. The van der Waals surface area contributed by atoms with Crippen LogP contribution in [-0.2, 0) is 6.61 Å². The summed E-state index contributed by atoms with van der Waals surface area (Å²) in [5.41, 5.74) is 3.19. The summed E-state index contributed by atoms with van der Waals surface area (Å²) in [6.45, 7) is 6.14. The highest BCUT2D eigenvalue weighted by Gasteiger charge is 2.43. The molecular weight excluding hydrogens is 430 g/mol. The third-order valence-electron chi connectivity index (χ3n) is 7.08. The maximum absolute atomic E-state index is 13.2. The molecule has 7 heteroatoms. The van der Waals surface area contributed by atoms with E-state index in [9.17, 15) is 4.79 Å². The second-order valence-electron chi connectivity index (χ2n) is 9.47. The summed E-state index contributed by atoms with van der Waals surface area (Å²) >= 11 is 0. The van der Waals surface area contributed by atoms with Crippen LogP contribution in [0.1, 0.15) is 58.2 Å². The van der Waals surface area contributed by atoms with Crippen molar-refractivity contribution in [2.75, 3.05) is 20.1 Å². The van der Waals surface area contributed by atoms with Crippen LogP contribution < -0.4 is 14.8 Å². The van der Waals surface area contributed by atoms with Crippen LogP contribution in [0, 0.1) is 13.8 Å². The molecule has 1 atom stereocenters. The van der Waals surface area contributed by atoms with Gasteiger partial charge in [-0.15, -0.1) is 0 Å². The highest BCUT2D eigenvalue weighted by Crippen LogP contribution is 2.44. The number of ether oxygens (including phenoxy) is 2. The maximum atomic E-state index is 13.2. The minimum absolute atomic E-state index is 0.0867. The molecule has 3 aromatic rings. The van der Waals surface area contributed by atoms with Gasteiger partial charge in [0.05, 0.1) is 17.3 Å². The molecule has 7 nitrogen and oxygen atoms in total. The molecule has 2 aromatic carbocycles. The third-order valence-corrected chi connectivity index (χ3v) is 7.08. The Morgan fingerprint density at radius 1 is 1.15 bits per heavy atom. The largest absolute Gasteiger partial charge is 0.489 e. The standard InChI is InChI=1S/C27H31N3O4/c1-18-23(19(2)34-29-18)17-32-21-10-8-20(9-11-21)26(31)28-24-16-27(12-14-30(3)15-13-27)33-25-7-5-4-6-22(24)25/h4-11,24H,12-17H2,1-3H3,(H,28,31)/t24-/m0/s1. The molecule has 1 saturated heterocycles. The van der Waals surface area contributed by atoms with Gasteiger partial charge >= 0.3 is 0 Å². The van der Waals surface area contributed by atoms with Crippen LogP contribution in [0.5, 0.6) is 11.5 Å². The minimum atomic E-state index is -0.227. The number of rotatable bonds is 5. The summed E-state index contributed by atoms with van der Waals surface area (Å²) in [5.74, 6) is 2.24. The molecule has 0 radical (unpaired) electrons. The molecule has 2 aliphatic rings. The maximum Gasteiger partial charge on any atom is 0.251 e. The first-order valence-corrected chi connectivity index (χ1v) is 11.8. The number of piperidine rings is 1. The molecule has 0 bridgehead atoms. The average Bonchev–Trinajstić information content (AvgIpc) is 3.17. The van der Waals surface area contributed by atoms with E-state index in [1.165, 1.54) is 0 Å². The van der Waals surface area contributed by atoms with Crippen LogP contribution >= 0.6 is 0 Å². The first kappa shape index (κ1) is 22.5. The Balaban J connectivity index is 1.27. The fourth-order valence-electron chi connectivity index (χ4n) is 4.89. The predicted octanol–water partition coefficient (Wildman–Crippen LogP) is 4.59. The highest BCUT2D eigenvalue weighted by molar-refractivity contribution is 5.94. The Bertz CT molecular complexity index is 1140. The van der Waals surface area contributed by atoms with E-state index >= 15 is 0 Å². The fourth-order valence-corrected chi connectivity index (χ4v) is 4.89. The summed E-state index contributed by atoms with van der Waals surface area (Å²) in [6.07, 6.45) is 2.70. The van der Waals surface area contributed by atoms with Gasteiger partial charge in [-0.2, -0.15) is 0 Å². The Kier molecular flexibility index (Phi) is 6.04. The minimum Gasteiger partial charge on any atom is -0.489 e. The van der Waals surface area contributed by atoms with Gasteiger partial charge in [-0.3, -0.25) is 4.79 Å². The first-order valence-electron chi connectivity index (χ1n) is 11.8. The van der Waals surface area contributed by atoms with Crippen LogP contribution in [0.15, 0.2) is 53.1 Å². The van der Waals surface area contributed by atoms with Gasteiger partial charge in [-0.1, -0.05) is 23.4 Å². The van der Waals surface area contributed by atoms with Crippen LogP contribution in [0.4, 0.5) is 0 Å². The number of para-hydroxylation sites is 1. The SMILES string of the molecule is Cc1noc(C)c1COc1ccc(C(=O)N[C@H]2CC3(CCN(C)CC3)Oc3ccccc32)cc1. The van der Waals surface area contributed by atoms with E-state index in [2.05, 4.69) is 22.4 Å². The molecule has 2 aliphatic heterocycles. The number of aryl methyl sites for hydroxylation is 2. The van der Waals surface area contributed by atoms with Gasteiger partial charge in [0.25, 0.3) is 5.91 Å². The second kappa shape index (κ2) is 9.14. The summed E-state index contributed by atoms with van der Waals surface area (Å²) in [7, 11) is 2.14. The van der Waals surface area contributed by atoms with Crippen molar-refractivity contribution in [3.8, 4) is 11.5 Å². The number of hydrogen-bond acceptors (Lipinski definition) is 6. The number of carbonyl (C=O) groups excluding carboxylic acids is 1. The lowest BCUT2D eigenvalue weighted by Gasteiger charge is -2.46. The first-order chi connectivity index (χ1) is 16.4. The number of fused-ring (bicyclic) bond motifs is 1. The van der Waals surface area contributed by atoms with Gasteiger partial charge in [0, 0.05) is 30.6 Å². The van der Waals surface area contributed by atoms with Crippen molar-refractivity contribution in [1.82, 2.24) is 15.4 Å². The number of likely N-dealkylation sites (tertiary alicyclic amines) is 1. The summed E-state index contributed by atoms with van der Waals surface area (Å²) in [6, 6.07) is 15.2. The fraction of sp³-hybridized carbons (Fsp3) is 0.407. The Morgan fingerprint density at radius 2 is 1.88 bits per heavy atom. The average molecular weight is 462 g/mol. The van der Waals surface area contributed by atoms with Crippen LogP contribution in [-0.4, -0.2) is 41.7 Å². The number of amides is 1. The van der Waals surface area contributed by atoms with Gasteiger partial charge < -0.3 is 24.2 Å². The molecule has 178 valence electrons. The van der Waals surface area contributed by atoms with Gasteiger partial charge in [0.15, 0.2) is 0 Å². The van der Waals surface area contributed by atoms with Gasteiger partial charge in [-0.25, -0.2) is 0 Å². The van der Waals surface area contributed by atoms with Crippen molar-refractivity contribution in [2.45, 2.75) is 51.4 Å². The molecule has 1 fully saturated rings. The molecule has 1 spiro atoms. The molecule has 1 N–H and O–H groups in total. The second-order valence-corrected chi connectivity index (χ2v) is 9.47. The molecule has 5 rings (SSSR count). The van der Waals surface area contributed by atoms with E-state index in [0.29, 0.717) is 17.9 Å². The lowest BCUT2D eigenvalue weighted by Crippen LogP contribution is -2.51. The van der Waals surface area contributed by atoms with E-state index in [4.69, 9.17) is 14.0 Å². The van der Waals surface area contributed by atoms with Crippen molar-refractivity contribution >= 4 is 5.91 Å². The Hall–Kier alpha value is -3.32. The molecule has 1 aromatic heterocycles. The summed E-state index contributed by atoms with van der Waals surface area (Å²) in [4.78, 5) is 15.5. The Morgan fingerprint density at radius 3 is 2.59 bits per heavy atom. The lowest BCUT2D eigenvalue weighted by molar-refractivity contribution is -0.0195. The normalized spacial score (nSPS) is 19.3. The van der Waals surface area contributed by atoms with Crippen LogP contribution in [0.3, 0.4) is 0 Å². The number of carbonyl (C=O) groups is 1. The number of aromatic nitrogens is 1. The van der Waals surface area contributed by atoms with E-state index in [0.717, 1.165) is 60.7 Å². The van der Waals surface area contributed by atoms with Crippen molar-refractivity contribution in [3.05, 3.63) is 76.7 Å². The number of hydrogen-bond donors (Lipinski definition) is 1. The van der Waals surface area contributed by atoms with Crippen molar-refractivity contribution in [3.63, 3.8) is 0 Å². The zero-order chi connectivity index (χ0) is 23.7. The molecule has 0 unspecified atom stereocenters. The quantitative estimate of drug-likeness (QED) is 0.599. The predicted molar refractivity (Wildman–Crippen MR) is 128 cm³/mol. The van der Waals surface area contributed by atoms with Gasteiger partial charge in [0.1, 0.15) is 29.5 Å². The van der Waals surface area contributed by atoms with Crippen LogP contribution in [0.25, 0.3) is 0 Å². The number of benzene rings is 2. The monoisotopic (exact) mass is 461 g/mol.